The van der Waals surface area contributed by atoms with Crippen molar-refractivity contribution >= 4 is 0 Å². The molecule has 0 saturated carbocycles. The molecule has 1 aliphatic rings. The highest BCUT2D eigenvalue weighted by Crippen LogP contribution is 2.23. The van der Waals surface area contributed by atoms with Gasteiger partial charge in [0, 0.05) is 0 Å². The predicted octanol–water partition coefficient (Wildman–Crippen LogP) is 2.84. The molecule has 48 valence electrons. The van der Waals surface area contributed by atoms with Crippen molar-refractivity contribution < 1.29 is 0 Å². The fourth-order valence-corrected chi connectivity index (χ4v) is 1.06. The van der Waals surface area contributed by atoms with Gasteiger partial charge < -0.3 is 0 Å². The lowest BCUT2D eigenvalue weighted by atomic mass is 10.2. The van der Waals surface area contributed by atoms with Crippen LogP contribution >= 0.6 is 0 Å². The van der Waals surface area contributed by atoms with Crippen LogP contribution in [-0.2, 0) is 0 Å². The molecular weight excluding hydrogens is 108 g/mol. The zero-order valence-corrected chi connectivity index (χ0v) is 5.85. The molecule has 0 aromatic carbocycles. The minimum atomic E-state index is 1.18. The van der Waals surface area contributed by atoms with Gasteiger partial charge in [0.1, 0.15) is 0 Å². The van der Waals surface area contributed by atoms with Crippen LogP contribution in [0, 0.1) is 0 Å². The summed E-state index contributed by atoms with van der Waals surface area (Å²) in [5.41, 5.74) is 2.83. The molecule has 0 bridgehead atoms. The van der Waals surface area contributed by atoms with Gasteiger partial charge in [-0.1, -0.05) is 30.4 Å². The average Bonchev–Trinajstić information content (AvgIpc) is 2.34. The molecule has 0 heteroatoms. The van der Waals surface area contributed by atoms with Gasteiger partial charge in [-0.05, 0) is 25.3 Å². The fourth-order valence-electron chi connectivity index (χ4n) is 1.06. The lowest BCUT2D eigenvalue weighted by Gasteiger charge is -1.84. The highest BCUT2D eigenvalue weighted by atomic mass is 14.1. The maximum atomic E-state index is 3.72. The Morgan fingerprint density at radius 1 is 1.56 bits per heavy atom. The third-order valence-corrected chi connectivity index (χ3v) is 1.71. The van der Waals surface area contributed by atoms with Gasteiger partial charge in [-0.25, -0.2) is 0 Å². The summed E-state index contributed by atoms with van der Waals surface area (Å²) in [4.78, 5) is 0. The molecule has 0 unspecified atom stereocenters. The van der Waals surface area contributed by atoms with Gasteiger partial charge in [-0.3, -0.25) is 0 Å². The molecule has 0 aliphatic heterocycles. The molecule has 0 aromatic rings. The Labute approximate surface area is 56.6 Å². The Bertz CT molecular complexity index is 170. The maximum absolute atomic E-state index is 3.72. The molecular formula is C9H12. The topological polar surface area (TPSA) is 0 Å². The largest absolute Gasteiger partial charge is 0.0988 e. The second-order valence-corrected chi connectivity index (χ2v) is 2.29. The summed E-state index contributed by atoms with van der Waals surface area (Å²) in [6, 6.07) is 0. The monoisotopic (exact) mass is 120 g/mol. The quantitative estimate of drug-likeness (QED) is 0.499. The third kappa shape index (κ3) is 1.32. The van der Waals surface area contributed by atoms with Crippen LogP contribution in [0.25, 0.3) is 0 Å². The van der Waals surface area contributed by atoms with Gasteiger partial charge in [0.25, 0.3) is 0 Å². The minimum absolute atomic E-state index is 1.18. The van der Waals surface area contributed by atoms with Crippen molar-refractivity contribution in [3.8, 4) is 0 Å². The number of hydrogen-bond donors (Lipinski definition) is 0. The number of rotatable bonds is 1. The highest BCUT2D eigenvalue weighted by molar-refractivity contribution is 5.35. The summed E-state index contributed by atoms with van der Waals surface area (Å²) in [6.07, 6.45) is 8.71. The molecule has 0 spiro atoms. The second-order valence-electron chi connectivity index (χ2n) is 2.29. The molecule has 1 aliphatic carbocycles. The highest BCUT2D eigenvalue weighted by Gasteiger charge is 2.03. The van der Waals surface area contributed by atoms with E-state index < -0.39 is 0 Å². The van der Waals surface area contributed by atoms with E-state index in [1.165, 1.54) is 24.0 Å². The first-order valence-electron chi connectivity index (χ1n) is 3.35. The van der Waals surface area contributed by atoms with Gasteiger partial charge in [-0.2, -0.15) is 0 Å². The van der Waals surface area contributed by atoms with Crippen molar-refractivity contribution in [3.05, 3.63) is 36.0 Å². The molecule has 0 N–H and O–H groups in total. The van der Waals surface area contributed by atoms with E-state index in [9.17, 15) is 0 Å². The van der Waals surface area contributed by atoms with Crippen molar-refractivity contribution in [1.29, 1.82) is 0 Å². The molecule has 0 amide bonds. The lowest BCUT2D eigenvalue weighted by Crippen LogP contribution is -1.65. The normalized spacial score (nSPS) is 22.3. The van der Waals surface area contributed by atoms with Crippen molar-refractivity contribution in [2.45, 2.75) is 19.8 Å². The molecule has 0 atom stereocenters. The smallest absolute Gasteiger partial charge is 0.0238 e. The van der Waals surface area contributed by atoms with Crippen LogP contribution in [0.2, 0.25) is 0 Å². The molecule has 0 nitrogen and oxygen atoms in total. The van der Waals surface area contributed by atoms with Crippen LogP contribution in [0.3, 0.4) is 0 Å². The van der Waals surface area contributed by atoms with Gasteiger partial charge in [0.05, 0.1) is 0 Å². The van der Waals surface area contributed by atoms with Crippen molar-refractivity contribution in [1.82, 2.24) is 0 Å². The summed E-state index contributed by atoms with van der Waals surface area (Å²) in [6.45, 7) is 5.80. The van der Waals surface area contributed by atoms with Crippen LogP contribution < -0.4 is 0 Å². The van der Waals surface area contributed by atoms with E-state index in [2.05, 4.69) is 25.7 Å². The Kier molecular flexibility index (Phi) is 1.88. The zero-order valence-electron chi connectivity index (χ0n) is 5.85. The summed E-state index contributed by atoms with van der Waals surface area (Å²) in [7, 11) is 0. The van der Waals surface area contributed by atoms with Crippen molar-refractivity contribution in [2.75, 3.05) is 0 Å². The third-order valence-electron chi connectivity index (χ3n) is 1.71. The summed E-state index contributed by atoms with van der Waals surface area (Å²) in [5, 5.41) is 0. The summed E-state index contributed by atoms with van der Waals surface area (Å²) >= 11 is 0. The van der Waals surface area contributed by atoms with Crippen LogP contribution in [0.5, 0.6) is 0 Å². The van der Waals surface area contributed by atoms with Gasteiger partial charge in [-0.15, -0.1) is 0 Å². The summed E-state index contributed by atoms with van der Waals surface area (Å²) in [5.74, 6) is 0. The van der Waals surface area contributed by atoms with Crippen LogP contribution in [-0.4, -0.2) is 0 Å². The van der Waals surface area contributed by atoms with Crippen molar-refractivity contribution in [3.63, 3.8) is 0 Å². The molecule has 0 heterocycles. The average molecular weight is 120 g/mol. The van der Waals surface area contributed by atoms with Crippen molar-refractivity contribution in [2.24, 2.45) is 0 Å². The Morgan fingerprint density at radius 3 is 2.67 bits per heavy atom. The Morgan fingerprint density at radius 2 is 2.33 bits per heavy atom. The minimum Gasteiger partial charge on any atom is -0.0988 e. The van der Waals surface area contributed by atoms with E-state index in [0.29, 0.717) is 0 Å². The first-order valence-corrected chi connectivity index (χ1v) is 3.35. The van der Waals surface area contributed by atoms with E-state index in [-0.39, 0.29) is 0 Å². The first kappa shape index (κ1) is 6.34. The number of allylic oxidation sites excluding steroid dienone is 5. The molecule has 9 heavy (non-hydrogen) atoms. The SMILES string of the molecule is C=CC1=CC(=CC)CC1. The molecule has 0 radical (unpaired) electrons. The van der Waals surface area contributed by atoms with E-state index in [0.717, 1.165) is 0 Å². The number of hydrogen-bond acceptors (Lipinski definition) is 0. The van der Waals surface area contributed by atoms with E-state index >= 15 is 0 Å². The summed E-state index contributed by atoms with van der Waals surface area (Å²) < 4.78 is 0. The van der Waals surface area contributed by atoms with Gasteiger partial charge >= 0.3 is 0 Å². The molecule has 1 rings (SSSR count). The fraction of sp³-hybridized carbons (Fsp3) is 0.333. The predicted molar refractivity (Wildman–Crippen MR) is 41.3 cm³/mol. The molecule has 0 saturated heterocycles. The standard InChI is InChI=1S/C9H12/c1-3-8-5-6-9(4-2)7-8/h3-4,7H,1,5-6H2,2H3. The molecule has 0 aromatic heterocycles. The Balaban J connectivity index is 2.71. The second kappa shape index (κ2) is 2.67. The zero-order chi connectivity index (χ0) is 6.69. The van der Waals surface area contributed by atoms with Gasteiger partial charge in [0.2, 0.25) is 0 Å². The Hall–Kier alpha value is -0.780. The first-order chi connectivity index (χ1) is 4.36. The van der Waals surface area contributed by atoms with Crippen LogP contribution in [0.1, 0.15) is 19.8 Å². The van der Waals surface area contributed by atoms with E-state index in [1.807, 2.05) is 6.08 Å². The maximum Gasteiger partial charge on any atom is -0.0238 e. The lowest BCUT2D eigenvalue weighted by molar-refractivity contribution is 1.03. The van der Waals surface area contributed by atoms with Crippen LogP contribution in [0.15, 0.2) is 36.0 Å². The molecule has 0 fully saturated rings. The van der Waals surface area contributed by atoms with Gasteiger partial charge in [0.15, 0.2) is 0 Å². The van der Waals surface area contributed by atoms with E-state index in [1.54, 1.807) is 0 Å². The van der Waals surface area contributed by atoms with Crippen LogP contribution in [0.4, 0.5) is 0 Å². The van der Waals surface area contributed by atoms with E-state index in [4.69, 9.17) is 0 Å².